The van der Waals surface area contributed by atoms with Gasteiger partial charge in [-0.1, -0.05) is 29.8 Å². The van der Waals surface area contributed by atoms with Crippen molar-refractivity contribution >= 4 is 38.9 Å². The number of hydrogen-bond acceptors (Lipinski definition) is 4. The van der Waals surface area contributed by atoms with E-state index >= 15 is 0 Å². The highest BCUT2D eigenvalue weighted by Crippen LogP contribution is 2.18. The topological polar surface area (TPSA) is 64.2 Å². The van der Waals surface area contributed by atoms with Gasteiger partial charge in [0.15, 0.2) is 0 Å². The highest BCUT2D eigenvalue weighted by molar-refractivity contribution is 9.10. The van der Waals surface area contributed by atoms with Crippen molar-refractivity contribution in [1.29, 1.82) is 0 Å². The third kappa shape index (κ3) is 3.23. The van der Waals surface area contributed by atoms with Crippen LogP contribution in [0.15, 0.2) is 70.3 Å². The highest BCUT2D eigenvalue weighted by Gasteiger charge is 2.11. The van der Waals surface area contributed by atoms with E-state index in [2.05, 4.69) is 31.3 Å². The number of anilines is 1. The molecule has 0 atom stereocenters. The summed E-state index contributed by atoms with van der Waals surface area (Å²) in [6.45, 7) is 0.426. The van der Waals surface area contributed by atoms with E-state index in [0.29, 0.717) is 17.9 Å². The molecule has 3 heterocycles. The molecule has 1 aromatic carbocycles. The molecule has 0 aliphatic rings. The number of hydrogen-bond donors (Lipinski definition) is 1. The van der Waals surface area contributed by atoms with Crippen LogP contribution in [0.25, 0.3) is 11.3 Å². The summed E-state index contributed by atoms with van der Waals surface area (Å²) in [5.41, 5.74) is 2.43. The molecule has 0 spiro atoms. The van der Waals surface area contributed by atoms with Crippen LogP contribution in [-0.4, -0.2) is 19.2 Å². The second-order valence-corrected chi connectivity index (χ2v) is 6.92. The third-order valence-corrected chi connectivity index (χ3v) is 4.68. The van der Waals surface area contributed by atoms with E-state index in [1.807, 2.05) is 47.1 Å². The summed E-state index contributed by atoms with van der Waals surface area (Å²) in [7, 11) is 0. The van der Waals surface area contributed by atoms with Gasteiger partial charge < -0.3 is 9.72 Å². The van der Waals surface area contributed by atoms with Gasteiger partial charge in [0, 0.05) is 16.9 Å². The lowest BCUT2D eigenvalue weighted by molar-refractivity contribution is 0.807. The molecular formula is C18H13BrClN5O. The number of para-hydroxylation sites is 1. The van der Waals surface area contributed by atoms with Crippen LogP contribution in [0.5, 0.6) is 0 Å². The van der Waals surface area contributed by atoms with E-state index < -0.39 is 0 Å². The minimum absolute atomic E-state index is 0.0929. The fraction of sp³-hybridized carbons (Fsp3) is 0.0556. The first-order valence-corrected chi connectivity index (χ1v) is 8.99. The Balaban J connectivity index is 1.58. The van der Waals surface area contributed by atoms with E-state index in [0.717, 1.165) is 15.8 Å². The summed E-state index contributed by atoms with van der Waals surface area (Å²) < 4.78 is 4.17. The molecule has 0 bridgehead atoms. The van der Waals surface area contributed by atoms with Crippen LogP contribution in [0.3, 0.4) is 0 Å². The van der Waals surface area contributed by atoms with Gasteiger partial charge in [-0.3, -0.25) is 4.79 Å². The van der Waals surface area contributed by atoms with Gasteiger partial charge in [0.25, 0.3) is 5.56 Å². The second-order valence-electron chi connectivity index (χ2n) is 5.62. The molecule has 130 valence electrons. The highest BCUT2D eigenvalue weighted by atomic mass is 79.9. The van der Waals surface area contributed by atoms with Crippen LogP contribution in [0.1, 0.15) is 5.69 Å². The molecule has 0 saturated heterocycles. The minimum atomic E-state index is -0.373. The van der Waals surface area contributed by atoms with E-state index in [1.165, 1.54) is 4.68 Å². The largest absolute Gasteiger partial charge is 0.377 e. The molecule has 0 amide bonds. The van der Waals surface area contributed by atoms with Crippen LogP contribution in [0, 0.1) is 0 Å². The first-order valence-electron chi connectivity index (χ1n) is 7.82. The number of halogens is 2. The van der Waals surface area contributed by atoms with Crippen molar-refractivity contribution in [2.75, 3.05) is 5.32 Å². The Morgan fingerprint density at radius 2 is 1.92 bits per heavy atom. The van der Waals surface area contributed by atoms with Crippen molar-refractivity contribution in [2.24, 2.45) is 0 Å². The first kappa shape index (κ1) is 16.8. The standard InChI is InChI=1S/C18H13BrClN5O/c19-12-6-7-16-23-13(11-24(16)10-12)8-21-15-9-22-25(18(26)17(15)20)14-4-2-1-3-5-14/h1-7,9-11,21H,8H2. The van der Waals surface area contributed by atoms with Gasteiger partial charge in [0.2, 0.25) is 0 Å². The van der Waals surface area contributed by atoms with Crippen LogP contribution in [-0.2, 0) is 6.54 Å². The number of imidazole rings is 1. The van der Waals surface area contributed by atoms with Crippen molar-refractivity contribution in [3.8, 4) is 5.69 Å². The number of benzene rings is 1. The molecule has 3 aromatic heterocycles. The zero-order chi connectivity index (χ0) is 18.1. The lowest BCUT2D eigenvalue weighted by atomic mass is 10.3. The summed E-state index contributed by atoms with van der Waals surface area (Å²) in [5.74, 6) is 0. The molecule has 6 nitrogen and oxygen atoms in total. The maximum absolute atomic E-state index is 12.5. The molecular weight excluding hydrogens is 418 g/mol. The van der Waals surface area contributed by atoms with Crippen LogP contribution in [0.4, 0.5) is 5.69 Å². The van der Waals surface area contributed by atoms with E-state index in [9.17, 15) is 4.79 Å². The average molecular weight is 431 g/mol. The maximum Gasteiger partial charge on any atom is 0.292 e. The van der Waals surface area contributed by atoms with Gasteiger partial charge >= 0.3 is 0 Å². The number of pyridine rings is 1. The number of fused-ring (bicyclic) bond motifs is 1. The second kappa shape index (κ2) is 6.93. The SMILES string of the molecule is O=c1c(Cl)c(NCc2cn3cc(Br)ccc3n2)cnn1-c1ccccc1. The van der Waals surface area contributed by atoms with Crippen molar-refractivity contribution in [1.82, 2.24) is 19.2 Å². The zero-order valence-corrected chi connectivity index (χ0v) is 15.8. The third-order valence-electron chi connectivity index (χ3n) is 3.84. The van der Waals surface area contributed by atoms with Crippen molar-refractivity contribution < 1.29 is 0 Å². The Morgan fingerprint density at radius 3 is 2.73 bits per heavy atom. The summed E-state index contributed by atoms with van der Waals surface area (Å²) in [4.78, 5) is 17.0. The molecule has 0 aliphatic heterocycles. The Hall–Kier alpha value is -2.64. The van der Waals surface area contributed by atoms with Gasteiger partial charge in [-0.05, 0) is 40.2 Å². The molecule has 0 saturated carbocycles. The molecule has 0 aliphatic carbocycles. The Bertz CT molecular complexity index is 1140. The van der Waals surface area contributed by atoms with Gasteiger partial charge in [0.1, 0.15) is 10.7 Å². The Labute approximate surface area is 162 Å². The average Bonchev–Trinajstić information content (AvgIpc) is 3.05. The predicted molar refractivity (Wildman–Crippen MR) is 105 cm³/mol. The Kier molecular flexibility index (Phi) is 4.48. The summed E-state index contributed by atoms with van der Waals surface area (Å²) >= 11 is 9.68. The number of nitrogens with one attached hydrogen (secondary N) is 1. The quantitative estimate of drug-likeness (QED) is 0.533. The lowest BCUT2D eigenvalue weighted by Gasteiger charge is -2.09. The normalized spacial score (nSPS) is 11.0. The molecule has 8 heteroatoms. The van der Waals surface area contributed by atoms with E-state index in [-0.39, 0.29) is 10.6 Å². The summed E-state index contributed by atoms with van der Waals surface area (Å²) in [5, 5.41) is 7.42. The predicted octanol–water partition coefficient (Wildman–Crippen LogP) is 3.91. The fourth-order valence-corrected chi connectivity index (χ4v) is 3.15. The van der Waals surface area contributed by atoms with Gasteiger partial charge in [-0.2, -0.15) is 9.78 Å². The molecule has 1 N–H and O–H groups in total. The van der Waals surface area contributed by atoms with Gasteiger partial charge in [-0.25, -0.2) is 4.98 Å². The smallest absolute Gasteiger partial charge is 0.292 e. The molecule has 0 fully saturated rings. The molecule has 0 unspecified atom stereocenters. The Morgan fingerprint density at radius 1 is 1.12 bits per heavy atom. The number of rotatable bonds is 4. The number of aromatic nitrogens is 4. The number of nitrogens with zero attached hydrogens (tertiary/aromatic N) is 4. The van der Waals surface area contributed by atoms with Crippen LogP contribution < -0.4 is 10.9 Å². The van der Waals surface area contributed by atoms with E-state index in [1.54, 1.807) is 18.3 Å². The lowest BCUT2D eigenvalue weighted by Crippen LogP contribution is -2.22. The van der Waals surface area contributed by atoms with Crippen molar-refractivity contribution in [3.63, 3.8) is 0 Å². The van der Waals surface area contributed by atoms with Crippen LogP contribution in [0.2, 0.25) is 5.02 Å². The monoisotopic (exact) mass is 429 g/mol. The van der Waals surface area contributed by atoms with Crippen molar-refractivity contribution in [3.05, 3.63) is 86.6 Å². The first-order chi connectivity index (χ1) is 12.6. The van der Waals surface area contributed by atoms with Gasteiger partial charge in [0.05, 0.1) is 29.8 Å². The minimum Gasteiger partial charge on any atom is -0.377 e. The molecule has 4 rings (SSSR count). The zero-order valence-electron chi connectivity index (χ0n) is 13.4. The molecule has 26 heavy (non-hydrogen) atoms. The van der Waals surface area contributed by atoms with Crippen LogP contribution >= 0.6 is 27.5 Å². The molecule has 4 aromatic rings. The fourth-order valence-electron chi connectivity index (χ4n) is 2.60. The summed E-state index contributed by atoms with van der Waals surface area (Å²) in [6.07, 6.45) is 5.39. The molecule has 0 radical (unpaired) electrons. The van der Waals surface area contributed by atoms with E-state index in [4.69, 9.17) is 11.6 Å². The van der Waals surface area contributed by atoms with Gasteiger partial charge in [-0.15, -0.1) is 0 Å². The van der Waals surface area contributed by atoms with Crippen molar-refractivity contribution in [2.45, 2.75) is 6.54 Å². The summed E-state index contributed by atoms with van der Waals surface area (Å²) in [6, 6.07) is 13.0. The maximum atomic E-state index is 12.5.